The van der Waals surface area contributed by atoms with Crippen LogP contribution in [0.1, 0.15) is 61.3 Å². The van der Waals surface area contributed by atoms with Crippen LogP contribution >= 0.6 is 0 Å². The molecular formula is C18H31BO4. The van der Waals surface area contributed by atoms with Crippen LogP contribution in [0.15, 0.2) is 23.7 Å². The second-order valence-corrected chi connectivity index (χ2v) is 7.69. The van der Waals surface area contributed by atoms with E-state index in [1.165, 1.54) is 7.11 Å². The van der Waals surface area contributed by atoms with Gasteiger partial charge in [0.25, 0.3) is 0 Å². The minimum absolute atomic E-state index is 0.201. The van der Waals surface area contributed by atoms with Gasteiger partial charge in [-0.05, 0) is 59.9 Å². The maximum Gasteiger partial charge on any atom is 0.490 e. The van der Waals surface area contributed by atoms with Gasteiger partial charge in [-0.1, -0.05) is 25.2 Å². The summed E-state index contributed by atoms with van der Waals surface area (Å²) in [4.78, 5) is 11.7. The van der Waals surface area contributed by atoms with Crippen LogP contribution in [0.5, 0.6) is 0 Å². The third-order valence-corrected chi connectivity index (χ3v) is 4.78. The molecule has 4 nitrogen and oxygen atoms in total. The van der Waals surface area contributed by atoms with Crippen molar-refractivity contribution in [1.82, 2.24) is 0 Å². The number of methoxy groups -OCH3 is 1. The van der Waals surface area contributed by atoms with E-state index in [1.54, 1.807) is 0 Å². The van der Waals surface area contributed by atoms with Gasteiger partial charge in [-0.25, -0.2) is 0 Å². The monoisotopic (exact) mass is 322 g/mol. The molecule has 1 heterocycles. The fourth-order valence-electron chi connectivity index (χ4n) is 2.27. The molecule has 1 aliphatic rings. The highest BCUT2D eigenvalue weighted by atomic mass is 16.7. The molecule has 0 aromatic heterocycles. The molecule has 0 unspecified atom stereocenters. The van der Waals surface area contributed by atoms with Gasteiger partial charge in [0.2, 0.25) is 0 Å². The molecule has 0 atom stereocenters. The summed E-state index contributed by atoms with van der Waals surface area (Å²) in [5.41, 5.74) is -0.0864. The van der Waals surface area contributed by atoms with Crippen molar-refractivity contribution in [2.45, 2.75) is 72.5 Å². The summed E-state index contributed by atoms with van der Waals surface area (Å²) >= 11 is 0. The van der Waals surface area contributed by atoms with Crippen LogP contribution in [-0.4, -0.2) is 31.4 Å². The summed E-state index contributed by atoms with van der Waals surface area (Å²) in [6, 6.07) is 0. The van der Waals surface area contributed by atoms with E-state index in [9.17, 15) is 4.79 Å². The lowest BCUT2D eigenvalue weighted by Crippen LogP contribution is -2.41. The van der Waals surface area contributed by atoms with Gasteiger partial charge < -0.3 is 14.0 Å². The number of hydrogen-bond donors (Lipinski definition) is 0. The molecule has 0 spiro atoms. The molecule has 1 fully saturated rings. The first-order valence-electron chi connectivity index (χ1n) is 8.26. The minimum atomic E-state index is -0.518. The highest BCUT2D eigenvalue weighted by Crippen LogP contribution is 2.39. The van der Waals surface area contributed by atoms with E-state index in [4.69, 9.17) is 14.0 Å². The van der Waals surface area contributed by atoms with E-state index in [-0.39, 0.29) is 24.3 Å². The van der Waals surface area contributed by atoms with Crippen molar-refractivity contribution >= 4 is 13.1 Å². The van der Waals surface area contributed by atoms with Crippen LogP contribution < -0.4 is 0 Å². The maximum atomic E-state index is 11.7. The maximum absolute atomic E-state index is 11.7. The average molecular weight is 322 g/mol. The van der Waals surface area contributed by atoms with E-state index < -0.39 is 5.41 Å². The molecule has 1 saturated heterocycles. The SMILES string of the molecule is CC/C(=C\C=C/CC(C)(C)C(=O)OC)B1OC(C)(C)C(C)(C)O1. The lowest BCUT2D eigenvalue weighted by atomic mass is 9.76. The van der Waals surface area contributed by atoms with Gasteiger partial charge in [0.15, 0.2) is 0 Å². The Bertz CT molecular complexity index is 473. The first-order chi connectivity index (χ1) is 10.5. The smallest absolute Gasteiger partial charge is 0.469 e. The fourth-order valence-corrected chi connectivity index (χ4v) is 2.27. The van der Waals surface area contributed by atoms with E-state index >= 15 is 0 Å². The Morgan fingerprint density at radius 3 is 2.13 bits per heavy atom. The zero-order valence-electron chi connectivity index (χ0n) is 15.9. The Hall–Kier alpha value is -1.07. The van der Waals surface area contributed by atoms with Crippen molar-refractivity contribution in [2.24, 2.45) is 5.41 Å². The molecule has 0 aromatic rings. The van der Waals surface area contributed by atoms with E-state index in [2.05, 4.69) is 34.6 Å². The van der Waals surface area contributed by atoms with Crippen LogP contribution in [0.25, 0.3) is 0 Å². The molecular weight excluding hydrogens is 291 g/mol. The largest absolute Gasteiger partial charge is 0.490 e. The van der Waals surface area contributed by atoms with E-state index in [1.807, 2.05) is 32.1 Å². The second-order valence-electron chi connectivity index (χ2n) is 7.69. The number of allylic oxidation sites excluding steroid dienone is 4. The summed E-state index contributed by atoms with van der Waals surface area (Å²) in [7, 11) is 1.10. The number of carbonyl (C=O) groups is 1. The first-order valence-corrected chi connectivity index (χ1v) is 8.26. The van der Waals surface area contributed by atoms with E-state index in [0.717, 1.165) is 11.9 Å². The molecule has 1 rings (SSSR count). The summed E-state index contributed by atoms with van der Waals surface area (Å²) in [6.45, 7) is 14.0. The zero-order chi connectivity index (χ0) is 17.9. The third kappa shape index (κ3) is 4.71. The van der Waals surface area contributed by atoms with Crippen molar-refractivity contribution in [3.05, 3.63) is 23.7 Å². The molecule has 0 aliphatic carbocycles. The third-order valence-electron chi connectivity index (χ3n) is 4.78. The van der Waals surface area contributed by atoms with Gasteiger partial charge in [-0.3, -0.25) is 4.79 Å². The Kier molecular flexibility index (Phi) is 6.28. The number of esters is 1. The summed E-state index contributed by atoms with van der Waals surface area (Å²) in [5, 5.41) is 0. The molecule has 0 N–H and O–H groups in total. The van der Waals surface area contributed by atoms with Gasteiger partial charge in [-0.2, -0.15) is 0 Å². The molecule has 130 valence electrons. The number of rotatable bonds is 6. The standard InChI is InChI=1S/C18H31BO4/c1-9-14(19-22-17(4,5)18(6,7)23-19)12-10-11-13-16(2,3)15(20)21-8/h10-12H,9,13H2,1-8H3/b11-10-,14-12+. The normalized spacial score (nSPS) is 21.0. The van der Waals surface area contributed by atoms with Crippen molar-refractivity contribution in [3.8, 4) is 0 Å². The first kappa shape index (κ1) is 20.0. The van der Waals surface area contributed by atoms with Crippen LogP contribution in [0.2, 0.25) is 0 Å². The molecule has 23 heavy (non-hydrogen) atoms. The lowest BCUT2D eigenvalue weighted by Gasteiger charge is -2.32. The van der Waals surface area contributed by atoms with Crippen LogP contribution in [0.3, 0.4) is 0 Å². The molecule has 0 saturated carbocycles. The molecule has 0 aromatic carbocycles. The van der Waals surface area contributed by atoms with Crippen molar-refractivity contribution in [3.63, 3.8) is 0 Å². The van der Waals surface area contributed by atoms with Crippen LogP contribution in [-0.2, 0) is 18.8 Å². The van der Waals surface area contributed by atoms with Gasteiger partial charge in [0.05, 0.1) is 23.7 Å². The minimum Gasteiger partial charge on any atom is -0.469 e. The number of ether oxygens (including phenoxy) is 1. The van der Waals surface area contributed by atoms with Gasteiger partial charge in [-0.15, -0.1) is 0 Å². The van der Waals surface area contributed by atoms with E-state index in [0.29, 0.717) is 6.42 Å². The van der Waals surface area contributed by atoms with Gasteiger partial charge in [0, 0.05) is 0 Å². The average Bonchev–Trinajstić information content (AvgIpc) is 2.66. The molecule has 5 heteroatoms. The summed E-state index contributed by atoms with van der Waals surface area (Å²) in [5.74, 6) is -0.201. The predicted octanol–water partition coefficient (Wildman–Crippen LogP) is 4.10. The number of carbonyl (C=O) groups excluding carboxylic acids is 1. The topological polar surface area (TPSA) is 44.8 Å². The Balaban J connectivity index is 2.75. The van der Waals surface area contributed by atoms with Crippen molar-refractivity contribution in [1.29, 1.82) is 0 Å². The highest BCUT2D eigenvalue weighted by molar-refractivity contribution is 6.54. The zero-order valence-corrected chi connectivity index (χ0v) is 15.9. The Labute approximate surface area is 141 Å². The van der Waals surface area contributed by atoms with Crippen LogP contribution in [0, 0.1) is 5.41 Å². The van der Waals surface area contributed by atoms with Crippen molar-refractivity contribution < 1.29 is 18.8 Å². The molecule has 0 bridgehead atoms. The van der Waals surface area contributed by atoms with Gasteiger partial charge in [0.1, 0.15) is 0 Å². The summed E-state index contributed by atoms with van der Waals surface area (Å²) < 4.78 is 17.0. The quantitative estimate of drug-likeness (QED) is 0.419. The predicted molar refractivity (Wildman–Crippen MR) is 94.0 cm³/mol. The Morgan fingerprint density at radius 2 is 1.70 bits per heavy atom. The summed E-state index contributed by atoms with van der Waals surface area (Å²) in [6.07, 6.45) is 7.44. The highest BCUT2D eigenvalue weighted by Gasteiger charge is 2.51. The van der Waals surface area contributed by atoms with Crippen LogP contribution in [0.4, 0.5) is 0 Å². The lowest BCUT2D eigenvalue weighted by molar-refractivity contribution is -0.150. The van der Waals surface area contributed by atoms with Gasteiger partial charge >= 0.3 is 13.1 Å². The molecule has 0 radical (unpaired) electrons. The second kappa shape index (κ2) is 7.22. The van der Waals surface area contributed by atoms with Crippen molar-refractivity contribution in [2.75, 3.05) is 7.11 Å². The number of hydrogen-bond acceptors (Lipinski definition) is 4. The molecule has 0 amide bonds. The fraction of sp³-hybridized carbons (Fsp3) is 0.722. The Morgan fingerprint density at radius 1 is 1.17 bits per heavy atom. The molecule has 1 aliphatic heterocycles.